The Labute approximate surface area is 337 Å². The van der Waals surface area contributed by atoms with Crippen LogP contribution in [0, 0.1) is 29.6 Å². The lowest BCUT2D eigenvalue weighted by Crippen LogP contribution is -2.58. The molecule has 0 aromatic rings. The highest BCUT2D eigenvalue weighted by Crippen LogP contribution is 2.25. The summed E-state index contributed by atoms with van der Waals surface area (Å²) in [6.07, 6.45) is 3.16. The van der Waals surface area contributed by atoms with Crippen LogP contribution >= 0.6 is 0 Å². The molecular weight excluding hydrogens is 713 g/mol. The minimum atomic E-state index is -1.28. The van der Waals surface area contributed by atoms with E-state index in [2.05, 4.69) is 10.6 Å². The van der Waals surface area contributed by atoms with Gasteiger partial charge < -0.3 is 35.3 Å². The molecule has 320 valence electrons. The maximum atomic E-state index is 14.5. The van der Waals surface area contributed by atoms with Crippen molar-refractivity contribution in [1.82, 2.24) is 30.2 Å². The van der Waals surface area contributed by atoms with Crippen LogP contribution in [0.3, 0.4) is 0 Å². The van der Waals surface area contributed by atoms with Gasteiger partial charge in [-0.15, -0.1) is 0 Å². The number of nitrogens with zero attached hydrogens (tertiary/aromatic N) is 4. The third kappa shape index (κ3) is 13.9. The summed E-state index contributed by atoms with van der Waals surface area (Å²) in [5.74, 6) is -1.96. The van der Waals surface area contributed by atoms with E-state index in [0.29, 0.717) is 57.1 Å². The summed E-state index contributed by atoms with van der Waals surface area (Å²) in [4.78, 5) is 91.0. The lowest BCUT2D eigenvalue weighted by molar-refractivity contribution is -0.149. The SMILES string of the molecule is C/C1=C\[C@H](CC(C)C)NC(=O)[C@@H]2CCCN2C(=O)[C@@H](CC(C)C)N(C)C(=O)C[C@H](O)[C@H](CC(C)C)NC(=O)[C@@H](CC(C)C)N(C)C(=O)[C@@H](CC(C)C)N(C)C1=O. The molecule has 0 bridgehead atoms. The second-order valence-corrected chi connectivity index (χ2v) is 18.6. The normalized spacial score (nSPS) is 28.6. The monoisotopic (exact) mass is 789 g/mol. The molecule has 7 atom stereocenters. The van der Waals surface area contributed by atoms with Gasteiger partial charge in [0.2, 0.25) is 35.4 Å². The van der Waals surface area contributed by atoms with Crippen molar-refractivity contribution < 1.29 is 33.9 Å². The number of carbonyl (C=O) groups excluding carboxylic acids is 6. The van der Waals surface area contributed by atoms with Crippen molar-refractivity contribution in [1.29, 1.82) is 0 Å². The Hall–Kier alpha value is -3.48. The van der Waals surface area contributed by atoms with Crippen LogP contribution in [0.15, 0.2) is 11.6 Å². The second kappa shape index (κ2) is 21.9. The number of carbonyl (C=O) groups is 6. The number of aliphatic hydroxyl groups excluding tert-OH is 1. The standard InChI is InChI=1S/C43H76N6O7/c1-25(2)18-31-23-30(11)41(54)48(14)35(21-28(7)8)42(55)47(13)34(20-27(5)6)40(53)45-32(19-26(3)4)37(50)24-38(51)46(12)36(22-29(9)10)43(56)49-17-15-16-33(49)39(52)44-31/h23,25-29,31-37,50H,15-22,24H2,1-14H3,(H,44,52)(H,45,53)/b30-23+/t31-,32-,33-,34+,35+,36+,37-/m0/s1. The van der Waals surface area contributed by atoms with Gasteiger partial charge >= 0.3 is 0 Å². The molecule has 0 aromatic carbocycles. The first-order valence-electron chi connectivity index (χ1n) is 21.0. The highest BCUT2D eigenvalue weighted by molar-refractivity contribution is 5.98. The molecular formula is C43H76N6O7. The van der Waals surface area contributed by atoms with Gasteiger partial charge in [0, 0.05) is 39.3 Å². The van der Waals surface area contributed by atoms with Crippen molar-refractivity contribution in [3.05, 3.63) is 11.6 Å². The predicted octanol–water partition coefficient (Wildman–Crippen LogP) is 4.37. The summed E-state index contributed by atoms with van der Waals surface area (Å²) < 4.78 is 0. The number of nitrogens with one attached hydrogen (secondary N) is 2. The van der Waals surface area contributed by atoms with Gasteiger partial charge in [-0.05, 0) is 81.5 Å². The van der Waals surface area contributed by atoms with Crippen molar-refractivity contribution >= 4 is 35.4 Å². The van der Waals surface area contributed by atoms with Crippen LogP contribution < -0.4 is 10.6 Å². The summed E-state index contributed by atoms with van der Waals surface area (Å²) in [7, 11) is 4.75. The van der Waals surface area contributed by atoms with Crippen LogP contribution in [0.2, 0.25) is 0 Å². The zero-order chi connectivity index (χ0) is 42.8. The summed E-state index contributed by atoms with van der Waals surface area (Å²) in [6, 6.07) is -4.75. The van der Waals surface area contributed by atoms with E-state index in [4.69, 9.17) is 0 Å². The molecule has 2 rings (SSSR count). The van der Waals surface area contributed by atoms with E-state index in [9.17, 15) is 33.9 Å². The van der Waals surface area contributed by atoms with E-state index >= 15 is 0 Å². The van der Waals surface area contributed by atoms with Crippen LogP contribution in [0.5, 0.6) is 0 Å². The smallest absolute Gasteiger partial charge is 0.249 e. The fourth-order valence-corrected chi connectivity index (χ4v) is 8.00. The fourth-order valence-electron chi connectivity index (χ4n) is 8.00. The van der Waals surface area contributed by atoms with E-state index in [0.717, 1.165) is 0 Å². The average molecular weight is 789 g/mol. The van der Waals surface area contributed by atoms with Gasteiger partial charge in [-0.25, -0.2) is 0 Å². The lowest BCUT2D eigenvalue weighted by Gasteiger charge is -2.37. The third-order valence-electron chi connectivity index (χ3n) is 11.0. The van der Waals surface area contributed by atoms with Crippen LogP contribution in [-0.4, -0.2) is 130 Å². The van der Waals surface area contributed by atoms with E-state index in [1.807, 2.05) is 69.2 Å². The average Bonchev–Trinajstić information content (AvgIpc) is 3.59. The predicted molar refractivity (Wildman–Crippen MR) is 220 cm³/mol. The molecule has 0 unspecified atom stereocenters. The highest BCUT2D eigenvalue weighted by Gasteiger charge is 2.42. The molecule has 6 amide bonds. The van der Waals surface area contributed by atoms with Crippen molar-refractivity contribution in [2.45, 2.75) is 170 Å². The number of likely N-dealkylation sites (N-methyl/N-ethyl adjacent to an activating group) is 3. The molecule has 2 heterocycles. The largest absolute Gasteiger partial charge is 0.390 e. The molecule has 0 aliphatic carbocycles. The Morgan fingerprint density at radius 2 is 1.14 bits per heavy atom. The van der Waals surface area contributed by atoms with E-state index in [-0.39, 0.29) is 59.6 Å². The van der Waals surface area contributed by atoms with Gasteiger partial charge in [-0.1, -0.05) is 75.3 Å². The zero-order valence-electron chi connectivity index (χ0n) is 37.1. The molecule has 0 aromatic heterocycles. The molecule has 2 aliphatic heterocycles. The Morgan fingerprint density at radius 3 is 1.66 bits per heavy atom. The fraction of sp³-hybridized carbons (Fsp3) is 0.814. The van der Waals surface area contributed by atoms with Crippen LogP contribution in [0.4, 0.5) is 0 Å². The summed E-state index contributed by atoms with van der Waals surface area (Å²) in [5, 5.41) is 17.7. The Morgan fingerprint density at radius 1 is 0.643 bits per heavy atom. The van der Waals surface area contributed by atoms with Gasteiger partial charge in [-0.2, -0.15) is 0 Å². The number of hydrogen-bond acceptors (Lipinski definition) is 7. The molecule has 1 fully saturated rings. The Kier molecular flexibility index (Phi) is 19.0. The summed E-state index contributed by atoms with van der Waals surface area (Å²) in [5.41, 5.74) is 0.364. The van der Waals surface area contributed by atoms with Crippen molar-refractivity contribution in [3.8, 4) is 0 Å². The lowest BCUT2D eigenvalue weighted by atomic mass is 9.94. The number of fused-ring (bicyclic) bond motifs is 1. The van der Waals surface area contributed by atoms with E-state index in [1.54, 1.807) is 39.0 Å². The number of amides is 6. The number of aliphatic hydroxyl groups is 1. The highest BCUT2D eigenvalue weighted by atomic mass is 16.3. The maximum absolute atomic E-state index is 14.5. The third-order valence-corrected chi connectivity index (χ3v) is 11.0. The molecule has 0 spiro atoms. The molecule has 3 N–H and O–H groups in total. The number of hydrogen-bond donors (Lipinski definition) is 3. The molecule has 2 aliphatic rings. The molecule has 0 radical (unpaired) electrons. The van der Waals surface area contributed by atoms with Crippen molar-refractivity contribution in [2.24, 2.45) is 29.6 Å². The molecule has 13 nitrogen and oxygen atoms in total. The van der Waals surface area contributed by atoms with E-state index in [1.165, 1.54) is 14.7 Å². The minimum Gasteiger partial charge on any atom is -0.390 e. The van der Waals surface area contributed by atoms with Gasteiger partial charge in [0.25, 0.3) is 0 Å². The molecule has 56 heavy (non-hydrogen) atoms. The van der Waals surface area contributed by atoms with Gasteiger partial charge in [0.05, 0.1) is 18.6 Å². The first-order chi connectivity index (χ1) is 26.0. The first-order valence-corrected chi connectivity index (χ1v) is 21.0. The molecule has 0 saturated carbocycles. The minimum absolute atomic E-state index is 0.0232. The number of rotatable bonds is 10. The molecule has 13 heteroatoms. The first kappa shape index (κ1) is 48.7. The summed E-state index contributed by atoms with van der Waals surface area (Å²) >= 11 is 0. The van der Waals surface area contributed by atoms with E-state index < -0.39 is 54.2 Å². The van der Waals surface area contributed by atoms with Crippen LogP contribution in [0.25, 0.3) is 0 Å². The van der Waals surface area contributed by atoms with Crippen molar-refractivity contribution in [2.75, 3.05) is 27.7 Å². The maximum Gasteiger partial charge on any atom is 0.249 e. The topological polar surface area (TPSA) is 160 Å². The molecule has 1 saturated heterocycles. The van der Waals surface area contributed by atoms with Crippen molar-refractivity contribution in [3.63, 3.8) is 0 Å². The Balaban J connectivity index is 2.79. The van der Waals surface area contributed by atoms with Crippen LogP contribution in [0.1, 0.15) is 128 Å². The zero-order valence-corrected chi connectivity index (χ0v) is 37.1. The van der Waals surface area contributed by atoms with Gasteiger partial charge in [0.15, 0.2) is 0 Å². The summed E-state index contributed by atoms with van der Waals surface area (Å²) in [6.45, 7) is 21.8. The van der Waals surface area contributed by atoms with Gasteiger partial charge in [-0.3, -0.25) is 28.8 Å². The second-order valence-electron chi connectivity index (χ2n) is 18.6. The quantitative estimate of drug-likeness (QED) is 0.297. The van der Waals surface area contributed by atoms with Gasteiger partial charge in [0.1, 0.15) is 24.2 Å². The van der Waals surface area contributed by atoms with Crippen LogP contribution in [-0.2, 0) is 28.8 Å². The Bertz CT molecular complexity index is 1390.